The summed E-state index contributed by atoms with van der Waals surface area (Å²) >= 11 is 0. The zero-order valence-corrected chi connectivity index (χ0v) is 22.9. The van der Waals surface area contributed by atoms with Gasteiger partial charge < -0.3 is 9.47 Å². The molecule has 7 atom stereocenters. The van der Waals surface area contributed by atoms with Crippen molar-refractivity contribution in [2.75, 3.05) is 0 Å². The molecule has 0 bridgehead atoms. The largest absolute Gasteiger partial charge is 0.373 e. The molecule has 6 heteroatoms. The van der Waals surface area contributed by atoms with E-state index in [-0.39, 0.29) is 29.8 Å². The highest BCUT2D eigenvalue weighted by Crippen LogP contribution is 2.43. The SMILES string of the molecule is CC1=NN(C2CCCCC2OC(C)C)C(C)C1(C)CC(C)OC1CCCC1n1nc(C)cc1C. The Morgan fingerprint density at radius 2 is 1.62 bits per heavy atom. The van der Waals surface area contributed by atoms with Crippen molar-refractivity contribution < 1.29 is 9.47 Å². The summed E-state index contributed by atoms with van der Waals surface area (Å²) in [5, 5.41) is 12.4. The lowest BCUT2D eigenvalue weighted by Crippen LogP contribution is -2.51. The van der Waals surface area contributed by atoms with Crippen molar-refractivity contribution in [3.63, 3.8) is 0 Å². The topological polar surface area (TPSA) is 51.9 Å². The summed E-state index contributed by atoms with van der Waals surface area (Å²) in [7, 11) is 0. The highest BCUT2D eigenvalue weighted by atomic mass is 16.5. The van der Waals surface area contributed by atoms with Gasteiger partial charge in [0.15, 0.2) is 0 Å². The van der Waals surface area contributed by atoms with E-state index in [1.807, 2.05) is 0 Å². The van der Waals surface area contributed by atoms with Crippen LogP contribution < -0.4 is 0 Å². The molecule has 4 rings (SSSR count). The van der Waals surface area contributed by atoms with Crippen molar-refractivity contribution in [1.29, 1.82) is 0 Å². The van der Waals surface area contributed by atoms with Crippen LogP contribution in [0.2, 0.25) is 0 Å². The van der Waals surface area contributed by atoms with Crippen LogP contribution in [0.15, 0.2) is 11.2 Å². The van der Waals surface area contributed by atoms with E-state index in [0.717, 1.165) is 31.4 Å². The molecule has 2 aliphatic carbocycles. The van der Waals surface area contributed by atoms with Gasteiger partial charge >= 0.3 is 0 Å². The number of rotatable bonds is 8. The summed E-state index contributed by atoms with van der Waals surface area (Å²) in [5.41, 5.74) is 3.58. The molecule has 1 aromatic heterocycles. The molecule has 2 heterocycles. The Labute approximate surface area is 207 Å². The lowest BCUT2D eigenvalue weighted by atomic mass is 9.75. The molecule has 0 saturated heterocycles. The van der Waals surface area contributed by atoms with E-state index in [1.165, 1.54) is 37.1 Å². The van der Waals surface area contributed by atoms with E-state index >= 15 is 0 Å². The number of hydrazone groups is 1. The first-order chi connectivity index (χ1) is 16.1. The summed E-state index contributed by atoms with van der Waals surface area (Å²) < 4.78 is 15.3. The molecule has 1 aliphatic heterocycles. The van der Waals surface area contributed by atoms with Gasteiger partial charge in [-0.25, -0.2) is 0 Å². The molecule has 2 fully saturated rings. The van der Waals surface area contributed by atoms with Gasteiger partial charge in [0.1, 0.15) is 0 Å². The van der Waals surface area contributed by atoms with Crippen molar-refractivity contribution in [3.05, 3.63) is 17.5 Å². The molecular formula is C28H48N4O2. The first-order valence-corrected chi connectivity index (χ1v) is 13.8. The van der Waals surface area contributed by atoms with Crippen LogP contribution in [0.25, 0.3) is 0 Å². The number of aryl methyl sites for hydroxylation is 2. The molecule has 6 nitrogen and oxygen atoms in total. The van der Waals surface area contributed by atoms with Crippen LogP contribution in [-0.2, 0) is 9.47 Å². The minimum absolute atomic E-state index is 0.00551. The minimum Gasteiger partial charge on any atom is -0.373 e. The van der Waals surface area contributed by atoms with E-state index in [1.54, 1.807) is 0 Å². The minimum atomic E-state index is 0.00551. The van der Waals surface area contributed by atoms with E-state index in [2.05, 4.69) is 71.1 Å². The number of ether oxygens (including phenoxy) is 2. The molecule has 1 aromatic rings. The Hall–Kier alpha value is -1.40. The average Bonchev–Trinajstić information content (AvgIpc) is 3.41. The second-order valence-corrected chi connectivity index (χ2v) is 11.8. The lowest BCUT2D eigenvalue weighted by molar-refractivity contribution is -0.0794. The second kappa shape index (κ2) is 10.3. The maximum Gasteiger partial charge on any atom is 0.0802 e. The van der Waals surface area contributed by atoms with Crippen LogP contribution in [-0.4, -0.2) is 57.0 Å². The Bertz CT molecular complexity index is 865. The highest BCUT2D eigenvalue weighted by molar-refractivity contribution is 5.89. The van der Waals surface area contributed by atoms with Gasteiger partial charge in [-0.2, -0.15) is 10.2 Å². The molecule has 0 aromatic carbocycles. The maximum absolute atomic E-state index is 6.76. The van der Waals surface area contributed by atoms with Crippen molar-refractivity contribution in [2.45, 2.75) is 149 Å². The van der Waals surface area contributed by atoms with Crippen LogP contribution in [0.4, 0.5) is 0 Å². The van der Waals surface area contributed by atoms with Gasteiger partial charge in [0, 0.05) is 16.8 Å². The molecule has 3 aliphatic rings. The first-order valence-electron chi connectivity index (χ1n) is 13.8. The number of hydrogen-bond acceptors (Lipinski definition) is 5. The molecule has 2 saturated carbocycles. The van der Waals surface area contributed by atoms with Crippen molar-refractivity contribution >= 4 is 5.71 Å². The number of aromatic nitrogens is 2. The van der Waals surface area contributed by atoms with E-state index < -0.39 is 0 Å². The highest BCUT2D eigenvalue weighted by Gasteiger charge is 2.48. The third kappa shape index (κ3) is 5.09. The number of hydrogen-bond donors (Lipinski definition) is 0. The van der Waals surface area contributed by atoms with Crippen LogP contribution in [0.5, 0.6) is 0 Å². The Kier molecular flexibility index (Phi) is 7.78. The van der Waals surface area contributed by atoms with Crippen molar-refractivity contribution in [1.82, 2.24) is 14.8 Å². The predicted octanol–water partition coefficient (Wildman–Crippen LogP) is 6.21. The van der Waals surface area contributed by atoms with Crippen molar-refractivity contribution in [2.24, 2.45) is 10.5 Å². The summed E-state index contributed by atoms with van der Waals surface area (Å²) in [6, 6.07) is 3.25. The van der Waals surface area contributed by atoms with Crippen molar-refractivity contribution in [3.8, 4) is 0 Å². The van der Waals surface area contributed by atoms with Gasteiger partial charge in [0.05, 0.1) is 48.2 Å². The summed E-state index contributed by atoms with van der Waals surface area (Å²) in [6.45, 7) is 17.8. The van der Waals surface area contributed by atoms with Gasteiger partial charge in [-0.15, -0.1) is 0 Å². The Morgan fingerprint density at radius 1 is 0.971 bits per heavy atom. The van der Waals surface area contributed by atoms with Crippen LogP contribution >= 0.6 is 0 Å². The van der Waals surface area contributed by atoms with Gasteiger partial charge in [-0.1, -0.05) is 19.8 Å². The molecule has 34 heavy (non-hydrogen) atoms. The van der Waals surface area contributed by atoms with Gasteiger partial charge in [-0.3, -0.25) is 9.69 Å². The standard InChI is InChI=1S/C28H48N4O2/c1-18(2)33-26-14-10-9-12-25(26)32-23(7)28(8,22(6)30-32)17-21(5)34-27-15-11-13-24(27)31-20(4)16-19(3)29-31/h16,18,21,23-27H,9-15,17H2,1-8H3. The Balaban J connectivity index is 1.42. The molecule has 0 spiro atoms. The second-order valence-electron chi connectivity index (χ2n) is 11.8. The molecule has 7 unspecified atom stereocenters. The lowest BCUT2D eigenvalue weighted by Gasteiger charge is -2.43. The van der Waals surface area contributed by atoms with Gasteiger partial charge in [-0.05, 0) is 93.1 Å². The van der Waals surface area contributed by atoms with E-state index in [4.69, 9.17) is 19.7 Å². The third-order valence-corrected chi connectivity index (χ3v) is 8.76. The fraction of sp³-hybridized carbons (Fsp3) is 0.857. The molecule has 0 N–H and O–H groups in total. The third-order valence-electron chi connectivity index (χ3n) is 8.76. The molecule has 0 radical (unpaired) electrons. The van der Waals surface area contributed by atoms with Gasteiger partial charge in [0.2, 0.25) is 0 Å². The van der Waals surface area contributed by atoms with E-state index in [9.17, 15) is 0 Å². The quantitative estimate of drug-likeness (QED) is 0.451. The van der Waals surface area contributed by atoms with Crippen LogP contribution in [0.1, 0.15) is 110 Å². The predicted molar refractivity (Wildman–Crippen MR) is 138 cm³/mol. The van der Waals surface area contributed by atoms with Gasteiger partial charge in [0.25, 0.3) is 0 Å². The molecule has 192 valence electrons. The van der Waals surface area contributed by atoms with Crippen LogP contribution in [0.3, 0.4) is 0 Å². The first kappa shape index (κ1) is 25.7. The average molecular weight is 473 g/mol. The fourth-order valence-corrected chi connectivity index (χ4v) is 6.81. The normalized spacial score (nSPS) is 35.3. The maximum atomic E-state index is 6.76. The molecular weight excluding hydrogens is 424 g/mol. The molecule has 0 amide bonds. The number of nitrogens with zero attached hydrogens (tertiary/aromatic N) is 4. The van der Waals surface area contributed by atoms with E-state index in [0.29, 0.717) is 18.1 Å². The Morgan fingerprint density at radius 3 is 2.29 bits per heavy atom. The summed E-state index contributed by atoms with van der Waals surface area (Å²) in [6.07, 6.45) is 10.3. The monoisotopic (exact) mass is 472 g/mol. The summed E-state index contributed by atoms with van der Waals surface area (Å²) in [4.78, 5) is 0. The smallest absolute Gasteiger partial charge is 0.0802 e. The zero-order valence-electron chi connectivity index (χ0n) is 22.9. The van der Waals surface area contributed by atoms with Crippen LogP contribution in [0, 0.1) is 19.3 Å². The fourth-order valence-electron chi connectivity index (χ4n) is 6.81. The summed E-state index contributed by atoms with van der Waals surface area (Å²) in [5.74, 6) is 0. The zero-order chi connectivity index (χ0) is 24.6.